The molecule has 4 heterocycles. The van der Waals surface area contributed by atoms with Gasteiger partial charge in [-0.1, -0.05) is 18.2 Å². The fourth-order valence-electron chi connectivity index (χ4n) is 3.87. The predicted molar refractivity (Wildman–Crippen MR) is 108 cm³/mol. The number of carbonyl (C=O) groups excluding carboxylic acids is 1. The van der Waals surface area contributed by atoms with Gasteiger partial charge >= 0.3 is 0 Å². The molecule has 1 unspecified atom stereocenters. The molecule has 1 atom stereocenters. The van der Waals surface area contributed by atoms with Gasteiger partial charge in [0.15, 0.2) is 0 Å². The summed E-state index contributed by atoms with van der Waals surface area (Å²) in [5, 5.41) is 7.83. The van der Waals surface area contributed by atoms with E-state index < -0.39 is 0 Å². The van der Waals surface area contributed by atoms with Crippen LogP contribution in [0, 0.1) is 12.7 Å². The fraction of sp³-hybridized carbons (Fsp3) is 0.227. The van der Waals surface area contributed by atoms with E-state index in [-0.39, 0.29) is 17.8 Å². The topological polar surface area (TPSA) is 77.7 Å². The molecule has 1 amide bonds. The van der Waals surface area contributed by atoms with Crippen LogP contribution in [-0.4, -0.2) is 43.6 Å². The van der Waals surface area contributed by atoms with E-state index in [1.807, 2.05) is 31.2 Å². The van der Waals surface area contributed by atoms with Crippen molar-refractivity contribution in [2.45, 2.75) is 25.8 Å². The summed E-state index contributed by atoms with van der Waals surface area (Å²) in [6.45, 7) is 2.62. The van der Waals surface area contributed by atoms with Crippen LogP contribution in [-0.2, 0) is 6.42 Å². The van der Waals surface area contributed by atoms with E-state index in [0.717, 1.165) is 28.8 Å². The lowest BCUT2D eigenvalue weighted by Crippen LogP contribution is -2.52. The second-order valence-electron chi connectivity index (χ2n) is 7.46. The minimum Gasteiger partial charge on any atom is -0.335 e. The molecule has 0 spiro atoms. The first-order valence-electron chi connectivity index (χ1n) is 9.64. The highest BCUT2D eigenvalue weighted by molar-refractivity contribution is 5.98. The van der Waals surface area contributed by atoms with Crippen LogP contribution in [0.25, 0.3) is 22.3 Å². The Morgan fingerprint density at radius 3 is 2.86 bits per heavy atom. The van der Waals surface area contributed by atoms with Crippen molar-refractivity contribution in [2.24, 2.45) is 0 Å². The number of nitrogens with one attached hydrogen (secondary N) is 2. The third-order valence-corrected chi connectivity index (χ3v) is 5.63. The van der Waals surface area contributed by atoms with Gasteiger partial charge in [-0.15, -0.1) is 0 Å². The van der Waals surface area contributed by atoms with Crippen molar-refractivity contribution in [2.75, 3.05) is 6.54 Å². The zero-order valence-electron chi connectivity index (χ0n) is 15.9. The smallest absolute Gasteiger partial charge is 0.270 e. The molecule has 1 aliphatic rings. The van der Waals surface area contributed by atoms with Crippen molar-refractivity contribution in [3.8, 4) is 11.3 Å². The summed E-state index contributed by atoms with van der Waals surface area (Å²) < 4.78 is 14.0. The maximum absolute atomic E-state index is 14.0. The van der Waals surface area contributed by atoms with Crippen LogP contribution >= 0.6 is 0 Å². The van der Waals surface area contributed by atoms with Gasteiger partial charge in [0.05, 0.1) is 11.9 Å². The van der Waals surface area contributed by atoms with Gasteiger partial charge in [0.1, 0.15) is 17.2 Å². The van der Waals surface area contributed by atoms with E-state index in [9.17, 15) is 9.18 Å². The lowest BCUT2D eigenvalue weighted by atomic mass is 9.94. The minimum absolute atomic E-state index is 0.0166. The Morgan fingerprint density at radius 1 is 1.28 bits per heavy atom. The number of pyridine rings is 1. The molecule has 0 bridgehead atoms. The number of H-pyrrole nitrogens is 2. The molecule has 5 rings (SSSR count). The molecule has 1 aromatic carbocycles. The van der Waals surface area contributed by atoms with Crippen LogP contribution < -0.4 is 0 Å². The summed E-state index contributed by atoms with van der Waals surface area (Å²) in [5.41, 5.74) is 4.49. The zero-order valence-corrected chi connectivity index (χ0v) is 15.9. The summed E-state index contributed by atoms with van der Waals surface area (Å²) in [4.78, 5) is 22.6. The van der Waals surface area contributed by atoms with Gasteiger partial charge in [0.25, 0.3) is 5.91 Å². The van der Waals surface area contributed by atoms with E-state index in [0.29, 0.717) is 29.9 Å². The van der Waals surface area contributed by atoms with E-state index >= 15 is 0 Å². The fourth-order valence-corrected chi connectivity index (χ4v) is 3.87. The number of likely N-dealkylation sites (tertiary alicyclic amines) is 1. The number of aryl methyl sites for hydroxylation is 1. The Morgan fingerprint density at radius 2 is 2.14 bits per heavy atom. The van der Waals surface area contributed by atoms with Crippen molar-refractivity contribution in [1.29, 1.82) is 0 Å². The molecule has 0 radical (unpaired) electrons. The number of nitrogens with zero attached hydrogens (tertiary/aromatic N) is 3. The summed E-state index contributed by atoms with van der Waals surface area (Å²) in [6.07, 6.45) is 3.15. The number of carbonyl (C=O) groups is 1. The van der Waals surface area contributed by atoms with E-state index in [1.54, 1.807) is 23.2 Å². The van der Waals surface area contributed by atoms with Gasteiger partial charge in [-0.3, -0.25) is 9.89 Å². The van der Waals surface area contributed by atoms with Crippen LogP contribution in [0.1, 0.15) is 28.2 Å². The molecule has 146 valence electrons. The lowest BCUT2D eigenvalue weighted by molar-refractivity contribution is 0.0457. The largest absolute Gasteiger partial charge is 0.335 e. The number of amides is 1. The molecule has 7 heteroatoms. The molecule has 6 nitrogen and oxygen atoms in total. The van der Waals surface area contributed by atoms with Crippen molar-refractivity contribution < 1.29 is 9.18 Å². The highest BCUT2D eigenvalue weighted by Crippen LogP contribution is 2.27. The van der Waals surface area contributed by atoms with Gasteiger partial charge in [-0.25, -0.2) is 9.37 Å². The predicted octanol–water partition coefficient (Wildman–Crippen LogP) is 3.86. The van der Waals surface area contributed by atoms with Crippen LogP contribution in [0.3, 0.4) is 0 Å². The number of fused-ring (bicyclic) bond motifs is 1. The minimum atomic E-state index is -0.219. The standard InChI is InChI=1S/C22H20FN5O/c1-13-17(12-24-27-13)19-7-6-15-11-20(26-21(15)25-19)22(29)28-9-8-16(28)10-14-4-2-3-5-18(14)23/h2-7,11-12,16H,8-10H2,1H3,(H,24,27)(H,25,26). The Labute approximate surface area is 166 Å². The lowest BCUT2D eigenvalue weighted by Gasteiger charge is -2.41. The molecule has 4 aromatic rings. The van der Waals surface area contributed by atoms with E-state index in [4.69, 9.17) is 0 Å². The SMILES string of the molecule is Cc1[nH]ncc1-c1ccc2cc(C(=O)N3CCC3Cc3ccccc3F)[nH]c2n1. The van der Waals surface area contributed by atoms with Crippen LogP contribution in [0.4, 0.5) is 4.39 Å². The quantitative estimate of drug-likeness (QED) is 0.556. The number of hydrogen-bond acceptors (Lipinski definition) is 3. The zero-order chi connectivity index (χ0) is 20.0. The summed E-state index contributed by atoms with van der Waals surface area (Å²) in [5.74, 6) is -0.291. The van der Waals surface area contributed by atoms with Gasteiger partial charge < -0.3 is 9.88 Å². The monoisotopic (exact) mass is 389 g/mol. The van der Waals surface area contributed by atoms with Gasteiger partial charge in [-0.2, -0.15) is 5.10 Å². The first-order chi connectivity index (χ1) is 14.1. The van der Waals surface area contributed by atoms with Crippen LogP contribution in [0.5, 0.6) is 0 Å². The highest BCUT2D eigenvalue weighted by Gasteiger charge is 2.34. The number of benzene rings is 1. The second kappa shape index (κ2) is 6.84. The number of aromatic nitrogens is 4. The Bertz CT molecular complexity index is 1210. The molecule has 3 aromatic heterocycles. The molecule has 1 saturated heterocycles. The molecule has 1 aliphatic heterocycles. The molecule has 29 heavy (non-hydrogen) atoms. The van der Waals surface area contributed by atoms with Crippen molar-refractivity contribution in [3.05, 3.63) is 71.4 Å². The molecule has 1 fully saturated rings. The van der Waals surface area contributed by atoms with Gasteiger partial charge in [0, 0.05) is 29.2 Å². The maximum Gasteiger partial charge on any atom is 0.270 e. The molecule has 2 N–H and O–H groups in total. The molecular weight excluding hydrogens is 369 g/mol. The number of hydrogen-bond donors (Lipinski definition) is 2. The number of halogens is 1. The van der Waals surface area contributed by atoms with E-state index in [1.165, 1.54) is 6.07 Å². The summed E-state index contributed by atoms with van der Waals surface area (Å²) in [7, 11) is 0. The second-order valence-corrected chi connectivity index (χ2v) is 7.46. The van der Waals surface area contributed by atoms with Crippen LogP contribution in [0.2, 0.25) is 0 Å². The third kappa shape index (κ3) is 3.08. The Kier molecular flexibility index (Phi) is 4.16. The average molecular weight is 389 g/mol. The van der Waals surface area contributed by atoms with Crippen molar-refractivity contribution in [3.63, 3.8) is 0 Å². The van der Waals surface area contributed by atoms with E-state index in [2.05, 4.69) is 20.2 Å². The Balaban J connectivity index is 1.38. The van der Waals surface area contributed by atoms with Crippen molar-refractivity contribution >= 4 is 16.9 Å². The average Bonchev–Trinajstić information content (AvgIpc) is 3.31. The Hall–Kier alpha value is -3.48. The summed E-state index contributed by atoms with van der Waals surface area (Å²) in [6, 6.07) is 12.5. The molecule has 0 saturated carbocycles. The first-order valence-corrected chi connectivity index (χ1v) is 9.64. The van der Waals surface area contributed by atoms with Gasteiger partial charge in [0.2, 0.25) is 0 Å². The number of aromatic amines is 2. The normalized spacial score (nSPS) is 16.2. The maximum atomic E-state index is 14.0. The molecular formula is C22H20FN5O. The third-order valence-electron chi connectivity index (χ3n) is 5.63. The van der Waals surface area contributed by atoms with Gasteiger partial charge in [-0.05, 0) is 49.6 Å². The first kappa shape index (κ1) is 17.6. The van der Waals surface area contributed by atoms with Crippen molar-refractivity contribution in [1.82, 2.24) is 25.1 Å². The summed E-state index contributed by atoms with van der Waals surface area (Å²) >= 11 is 0. The number of rotatable bonds is 4. The molecule has 0 aliphatic carbocycles. The van der Waals surface area contributed by atoms with Crippen LogP contribution in [0.15, 0.2) is 48.7 Å². The highest BCUT2D eigenvalue weighted by atomic mass is 19.1.